The van der Waals surface area contributed by atoms with Gasteiger partial charge in [0.2, 0.25) is 5.91 Å². The van der Waals surface area contributed by atoms with Gasteiger partial charge in [0.05, 0.1) is 24.8 Å². The summed E-state index contributed by atoms with van der Waals surface area (Å²) < 4.78 is 44.5. The van der Waals surface area contributed by atoms with Crippen molar-refractivity contribution >= 4 is 11.6 Å². The van der Waals surface area contributed by atoms with Crippen LogP contribution in [-0.2, 0) is 9.53 Å². The second-order valence-electron chi connectivity index (χ2n) is 4.20. The van der Waals surface area contributed by atoms with E-state index in [1.165, 1.54) is 0 Å². The molecule has 1 unspecified atom stereocenters. The number of ether oxygens (including phenoxy) is 1. The molecule has 4 nitrogen and oxygen atoms in total. The van der Waals surface area contributed by atoms with Gasteiger partial charge in [-0.15, -0.1) is 0 Å². The van der Waals surface area contributed by atoms with Crippen molar-refractivity contribution in [3.8, 4) is 0 Å². The summed E-state index contributed by atoms with van der Waals surface area (Å²) in [5.41, 5.74) is -0.508. The van der Waals surface area contributed by atoms with Gasteiger partial charge in [0.15, 0.2) is 11.6 Å². The van der Waals surface area contributed by atoms with Crippen LogP contribution in [-0.4, -0.2) is 31.7 Å². The molecule has 0 bridgehead atoms. The zero-order valence-corrected chi connectivity index (χ0v) is 10.0. The molecule has 19 heavy (non-hydrogen) atoms. The van der Waals surface area contributed by atoms with Gasteiger partial charge in [-0.05, 0) is 0 Å². The minimum Gasteiger partial charge on any atom is -0.375 e. The molecule has 7 heteroatoms. The maximum Gasteiger partial charge on any atom is 0.227 e. The number of nitrogens with one attached hydrogen (secondary N) is 2. The zero-order valence-electron chi connectivity index (χ0n) is 10.0. The Hall–Kier alpha value is -1.60. The molecule has 1 saturated heterocycles. The third-order valence-corrected chi connectivity index (χ3v) is 2.68. The molecule has 104 valence electrons. The van der Waals surface area contributed by atoms with Crippen molar-refractivity contribution in [2.24, 2.45) is 0 Å². The van der Waals surface area contributed by atoms with Gasteiger partial charge < -0.3 is 15.4 Å². The van der Waals surface area contributed by atoms with Crippen LogP contribution in [0.25, 0.3) is 0 Å². The summed E-state index contributed by atoms with van der Waals surface area (Å²) >= 11 is 0. The lowest BCUT2D eigenvalue weighted by Crippen LogP contribution is -2.40. The van der Waals surface area contributed by atoms with Crippen LogP contribution in [0.1, 0.15) is 6.42 Å². The number of morpholine rings is 1. The predicted molar refractivity (Wildman–Crippen MR) is 62.2 cm³/mol. The Balaban J connectivity index is 1.98. The van der Waals surface area contributed by atoms with Gasteiger partial charge in [-0.25, -0.2) is 13.2 Å². The highest BCUT2D eigenvalue weighted by atomic mass is 19.2. The van der Waals surface area contributed by atoms with Crippen LogP contribution in [0, 0.1) is 17.5 Å². The number of hydrogen-bond acceptors (Lipinski definition) is 3. The van der Waals surface area contributed by atoms with Gasteiger partial charge in [0, 0.05) is 25.2 Å². The number of anilines is 1. The lowest BCUT2D eigenvalue weighted by molar-refractivity contribution is -0.119. The highest BCUT2D eigenvalue weighted by Gasteiger charge is 2.19. The van der Waals surface area contributed by atoms with Crippen molar-refractivity contribution in [3.05, 3.63) is 29.6 Å². The number of rotatable bonds is 3. The Morgan fingerprint density at radius 1 is 1.42 bits per heavy atom. The van der Waals surface area contributed by atoms with Gasteiger partial charge in [0.1, 0.15) is 5.82 Å². The molecular formula is C12H13F3N2O2. The molecule has 1 fully saturated rings. The van der Waals surface area contributed by atoms with E-state index in [1.54, 1.807) is 0 Å². The number of hydrogen-bond donors (Lipinski definition) is 2. The van der Waals surface area contributed by atoms with E-state index in [4.69, 9.17) is 4.74 Å². The Labute approximate surface area is 107 Å². The summed E-state index contributed by atoms with van der Waals surface area (Å²) in [5.74, 6) is -4.13. The summed E-state index contributed by atoms with van der Waals surface area (Å²) in [6.45, 7) is 1.70. The maximum absolute atomic E-state index is 13.3. The van der Waals surface area contributed by atoms with Crippen LogP contribution < -0.4 is 10.6 Å². The van der Waals surface area contributed by atoms with Gasteiger partial charge in [-0.2, -0.15) is 0 Å². The number of carbonyl (C=O) groups excluding carboxylic acids is 1. The molecule has 0 aliphatic carbocycles. The topological polar surface area (TPSA) is 50.4 Å². The number of amides is 1. The van der Waals surface area contributed by atoms with Crippen LogP contribution in [0.2, 0.25) is 0 Å². The molecule has 0 spiro atoms. The predicted octanol–water partition coefficient (Wildman–Crippen LogP) is 1.42. The van der Waals surface area contributed by atoms with E-state index in [0.29, 0.717) is 25.8 Å². The third-order valence-electron chi connectivity index (χ3n) is 2.68. The standard InChI is InChI=1S/C12H13F3N2O2/c13-7-3-9(14)12(15)10(4-7)17-11(18)5-8-6-16-1-2-19-8/h3-4,8,16H,1-2,5-6H2,(H,17,18). The van der Waals surface area contributed by atoms with Crippen molar-refractivity contribution in [3.63, 3.8) is 0 Å². The second-order valence-corrected chi connectivity index (χ2v) is 4.20. The highest BCUT2D eigenvalue weighted by molar-refractivity contribution is 5.91. The molecule has 1 heterocycles. The summed E-state index contributed by atoms with van der Waals surface area (Å²) in [6, 6.07) is 1.15. The molecular weight excluding hydrogens is 261 g/mol. The van der Waals surface area contributed by atoms with Crippen LogP contribution in [0.3, 0.4) is 0 Å². The fourth-order valence-corrected chi connectivity index (χ4v) is 1.81. The number of halogens is 3. The van der Waals surface area contributed by atoms with Gasteiger partial charge in [-0.3, -0.25) is 4.79 Å². The zero-order chi connectivity index (χ0) is 13.8. The molecule has 1 amide bonds. The molecule has 1 aliphatic rings. The van der Waals surface area contributed by atoms with E-state index in [1.807, 2.05) is 0 Å². The molecule has 0 radical (unpaired) electrons. The fourth-order valence-electron chi connectivity index (χ4n) is 1.81. The van der Waals surface area contributed by atoms with E-state index in [9.17, 15) is 18.0 Å². The van der Waals surface area contributed by atoms with Crippen molar-refractivity contribution < 1.29 is 22.7 Å². The Morgan fingerprint density at radius 3 is 2.89 bits per heavy atom. The van der Waals surface area contributed by atoms with Crippen molar-refractivity contribution in [2.45, 2.75) is 12.5 Å². The first-order valence-corrected chi connectivity index (χ1v) is 5.83. The van der Waals surface area contributed by atoms with Crippen molar-refractivity contribution in [1.29, 1.82) is 0 Å². The van der Waals surface area contributed by atoms with Crippen LogP contribution in [0.15, 0.2) is 12.1 Å². The van der Waals surface area contributed by atoms with Crippen molar-refractivity contribution in [1.82, 2.24) is 5.32 Å². The lowest BCUT2D eigenvalue weighted by Gasteiger charge is -2.23. The van der Waals surface area contributed by atoms with Gasteiger partial charge >= 0.3 is 0 Å². The van der Waals surface area contributed by atoms with E-state index in [-0.39, 0.29) is 12.5 Å². The van der Waals surface area contributed by atoms with E-state index >= 15 is 0 Å². The first-order valence-electron chi connectivity index (χ1n) is 5.83. The van der Waals surface area contributed by atoms with E-state index in [2.05, 4.69) is 10.6 Å². The van der Waals surface area contributed by atoms with E-state index < -0.39 is 29.0 Å². The minimum absolute atomic E-state index is 0.00935. The normalized spacial score (nSPS) is 19.2. The largest absolute Gasteiger partial charge is 0.375 e. The van der Waals surface area contributed by atoms with Crippen LogP contribution in [0.5, 0.6) is 0 Å². The monoisotopic (exact) mass is 274 g/mol. The average Bonchev–Trinajstić information content (AvgIpc) is 2.36. The minimum atomic E-state index is -1.34. The molecule has 1 atom stereocenters. The summed E-state index contributed by atoms with van der Waals surface area (Å²) in [4.78, 5) is 11.6. The van der Waals surface area contributed by atoms with Crippen LogP contribution in [0.4, 0.5) is 18.9 Å². The molecule has 1 aromatic rings. The third kappa shape index (κ3) is 3.68. The molecule has 1 aromatic carbocycles. The Morgan fingerprint density at radius 2 is 2.21 bits per heavy atom. The summed E-state index contributed by atoms with van der Waals surface area (Å²) in [7, 11) is 0. The smallest absolute Gasteiger partial charge is 0.227 e. The van der Waals surface area contributed by atoms with Gasteiger partial charge in [0.25, 0.3) is 0 Å². The molecule has 2 rings (SSSR count). The Kier molecular flexibility index (Phi) is 4.39. The summed E-state index contributed by atoms with van der Waals surface area (Å²) in [5, 5.41) is 5.17. The number of benzene rings is 1. The fraction of sp³-hybridized carbons (Fsp3) is 0.417. The van der Waals surface area contributed by atoms with Gasteiger partial charge in [-0.1, -0.05) is 0 Å². The quantitative estimate of drug-likeness (QED) is 0.820. The average molecular weight is 274 g/mol. The highest BCUT2D eigenvalue weighted by Crippen LogP contribution is 2.19. The maximum atomic E-state index is 13.3. The lowest BCUT2D eigenvalue weighted by atomic mass is 10.2. The molecule has 1 aliphatic heterocycles. The molecule has 0 saturated carbocycles. The molecule has 2 N–H and O–H groups in total. The number of carbonyl (C=O) groups is 1. The van der Waals surface area contributed by atoms with E-state index in [0.717, 1.165) is 6.07 Å². The summed E-state index contributed by atoms with van der Waals surface area (Å²) in [6.07, 6.45) is -0.333. The first-order chi connectivity index (χ1) is 9.06. The second kappa shape index (κ2) is 6.03. The van der Waals surface area contributed by atoms with Crippen molar-refractivity contribution in [2.75, 3.05) is 25.0 Å². The Bertz CT molecular complexity index is 476. The molecule has 0 aromatic heterocycles. The SMILES string of the molecule is O=C(CC1CNCCO1)Nc1cc(F)cc(F)c1F. The van der Waals surface area contributed by atoms with Crippen LogP contribution >= 0.6 is 0 Å². The first kappa shape index (κ1) is 13.8.